The van der Waals surface area contributed by atoms with Gasteiger partial charge in [-0.3, -0.25) is 0 Å². The third-order valence-corrected chi connectivity index (χ3v) is 3.82. The van der Waals surface area contributed by atoms with Crippen LogP contribution in [0.3, 0.4) is 0 Å². The van der Waals surface area contributed by atoms with Crippen molar-refractivity contribution in [2.24, 2.45) is 5.92 Å². The standard InChI is InChI=1S/C9H13BrN2OS/c10-8-11-12-9(14-8)13-6-7-4-2-1-3-5-7/h7H,1-6H2. The summed E-state index contributed by atoms with van der Waals surface area (Å²) in [6, 6.07) is 0. The Hall–Kier alpha value is -0.160. The van der Waals surface area contributed by atoms with Crippen molar-refractivity contribution < 1.29 is 4.74 Å². The van der Waals surface area contributed by atoms with E-state index >= 15 is 0 Å². The molecule has 1 fully saturated rings. The van der Waals surface area contributed by atoms with Crippen LogP contribution in [-0.2, 0) is 0 Å². The van der Waals surface area contributed by atoms with Gasteiger partial charge >= 0.3 is 0 Å². The number of nitrogens with zero attached hydrogens (tertiary/aromatic N) is 2. The molecule has 1 aliphatic rings. The average molecular weight is 277 g/mol. The molecule has 0 spiro atoms. The van der Waals surface area contributed by atoms with Crippen molar-refractivity contribution in [3.8, 4) is 5.19 Å². The lowest BCUT2D eigenvalue weighted by molar-refractivity contribution is 0.207. The first-order valence-electron chi connectivity index (χ1n) is 4.96. The Morgan fingerprint density at radius 1 is 1.29 bits per heavy atom. The van der Waals surface area contributed by atoms with Crippen molar-refractivity contribution in [2.75, 3.05) is 6.61 Å². The largest absolute Gasteiger partial charge is 0.469 e. The van der Waals surface area contributed by atoms with Crippen molar-refractivity contribution >= 4 is 27.3 Å². The minimum atomic E-state index is 0.683. The molecule has 3 nitrogen and oxygen atoms in total. The van der Waals surface area contributed by atoms with Gasteiger partial charge in [0.15, 0.2) is 3.92 Å². The Morgan fingerprint density at radius 2 is 2.07 bits per heavy atom. The summed E-state index contributed by atoms with van der Waals surface area (Å²) >= 11 is 4.71. The second kappa shape index (κ2) is 5.07. The van der Waals surface area contributed by atoms with Gasteiger partial charge in [0.1, 0.15) is 0 Å². The second-order valence-corrected chi connectivity index (χ2v) is 5.85. The van der Waals surface area contributed by atoms with E-state index in [-0.39, 0.29) is 0 Å². The average Bonchev–Trinajstić information content (AvgIpc) is 2.63. The van der Waals surface area contributed by atoms with E-state index < -0.39 is 0 Å². The highest BCUT2D eigenvalue weighted by Gasteiger charge is 2.14. The Labute approximate surface area is 96.0 Å². The van der Waals surface area contributed by atoms with E-state index in [0.29, 0.717) is 5.19 Å². The summed E-state index contributed by atoms with van der Waals surface area (Å²) in [5, 5.41) is 8.42. The molecule has 1 aromatic heterocycles. The van der Waals surface area contributed by atoms with E-state index in [0.717, 1.165) is 16.4 Å². The molecule has 2 rings (SSSR count). The van der Waals surface area contributed by atoms with Crippen molar-refractivity contribution in [3.63, 3.8) is 0 Å². The Balaban J connectivity index is 1.76. The quantitative estimate of drug-likeness (QED) is 0.850. The molecule has 0 bridgehead atoms. The van der Waals surface area contributed by atoms with Gasteiger partial charge in [-0.2, -0.15) is 0 Å². The molecule has 0 radical (unpaired) electrons. The lowest BCUT2D eigenvalue weighted by atomic mass is 9.90. The molecule has 1 aromatic rings. The maximum absolute atomic E-state index is 5.58. The fraction of sp³-hybridized carbons (Fsp3) is 0.778. The minimum Gasteiger partial charge on any atom is -0.469 e. The molecule has 14 heavy (non-hydrogen) atoms. The van der Waals surface area contributed by atoms with Crippen LogP contribution in [0.2, 0.25) is 0 Å². The maximum atomic E-state index is 5.58. The number of halogens is 1. The van der Waals surface area contributed by atoms with Gasteiger partial charge in [0, 0.05) is 0 Å². The zero-order chi connectivity index (χ0) is 9.80. The molecule has 1 aliphatic carbocycles. The number of ether oxygens (including phenoxy) is 1. The first kappa shape index (κ1) is 10.4. The summed E-state index contributed by atoms with van der Waals surface area (Å²) in [5.41, 5.74) is 0. The first-order chi connectivity index (χ1) is 6.84. The van der Waals surface area contributed by atoms with Crippen molar-refractivity contribution in [2.45, 2.75) is 32.1 Å². The predicted octanol–water partition coefficient (Wildman–Crippen LogP) is 3.26. The van der Waals surface area contributed by atoms with E-state index in [1.807, 2.05) is 0 Å². The zero-order valence-electron chi connectivity index (χ0n) is 7.91. The second-order valence-electron chi connectivity index (χ2n) is 3.64. The van der Waals surface area contributed by atoms with Gasteiger partial charge < -0.3 is 4.74 Å². The van der Waals surface area contributed by atoms with Crippen LogP contribution in [-0.4, -0.2) is 16.8 Å². The molecular weight excluding hydrogens is 264 g/mol. The van der Waals surface area contributed by atoms with Gasteiger partial charge in [-0.1, -0.05) is 24.4 Å². The molecule has 5 heteroatoms. The highest BCUT2D eigenvalue weighted by Crippen LogP contribution is 2.26. The van der Waals surface area contributed by atoms with Gasteiger partial charge in [-0.15, -0.1) is 5.10 Å². The molecule has 0 amide bonds. The number of rotatable bonds is 3. The fourth-order valence-electron chi connectivity index (χ4n) is 1.79. The molecule has 78 valence electrons. The fourth-order valence-corrected chi connectivity index (χ4v) is 2.72. The molecule has 1 saturated carbocycles. The Bertz CT molecular complexity index is 286. The number of hydrogen-bond donors (Lipinski definition) is 0. The van der Waals surface area contributed by atoms with Crippen molar-refractivity contribution in [1.82, 2.24) is 10.2 Å². The summed E-state index contributed by atoms with van der Waals surface area (Å²) in [6.07, 6.45) is 6.71. The topological polar surface area (TPSA) is 35.0 Å². The van der Waals surface area contributed by atoms with E-state index in [4.69, 9.17) is 4.74 Å². The predicted molar refractivity (Wildman–Crippen MR) is 59.7 cm³/mol. The molecule has 0 aliphatic heterocycles. The minimum absolute atomic E-state index is 0.683. The maximum Gasteiger partial charge on any atom is 0.294 e. The number of aromatic nitrogens is 2. The molecule has 0 atom stereocenters. The zero-order valence-corrected chi connectivity index (χ0v) is 10.3. The van der Waals surface area contributed by atoms with Gasteiger partial charge in [-0.05, 0) is 46.0 Å². The summed E-state index contributed by atoms with van der Waals surface area (Å²) in [6.45, 7) is 0.807. The first-order valence-corrected chi connectivity index (χ1v) is 6.57. The van der Waals surface area contributed by atoms with E-state index in [9.17, 15) is 0 Å². The normalized spacial score (nSPS) is 18.4. The van der Waals surface area contributed by atoms with Crippen LogP contribution in [0.5, 0.6) is 5.19 Å². The van der Waals surface area contributed by atoms with Crippen LogP contribution in [0.25, 0.3) is 0 Å². The van der Waals surface area contributed by atoms with Crippen molar-refractivity contribution in [3.05, 3.63) is 3.92 Å². The Kier molecular flexibility index (Phi) is 3.75. The molecule has 0 saturated heterocycles. The summed E-state index contributed by atoms with van der Waals surface area (Å²) in [5.74, 6) is 0.728. The van der Waals surface area contributed by atoms with Crippen LogP contribution >= 0.6 is 27.3 Å². The van der Waals surface area contributed by atoms with E-state index in [2.05, 4.69) is 26.1 Å². The van der Waals surface area contributed by atoms with Crippen LogP contribution in [0.1, 0.15) is 32.1 Å². The lowest BCUT2D eigenvalue weighted by Gasteiger charge is -2.20. The smallest absolute Gasteiger partial charge is 0.294 e. The summed E-state index contributed by atoms with van der Waals surface area (Å²) < 4.78 is 6.37. The van der Waals surface area contributed by atoms with Gasteiger partial charge in [0.05, 0.1) is 6.61 Å². The Morgan fingerprint density at radius 3 is 2.71 bits per heavy atom. The monoisotopic (exact) mass is 276 g/mol. The molecular formula is C9H13BrN2OS. The van der Waals surface area contributed by atoms with Gasteiger partial charge in [0.2, 0.25) is 0 Å². The van der Waals surface area contributed by atoms with Crippen molar-refractivity contribution in [1.29, 1.82) is 0 Å². The number of hydrogen-bond acceptors (Lipinski definition) is 4. The molecule has 0 N–H and O–H groups in total. The van der Waals surface area contributed by atoms with Crippen LogP contribution in [0.15, 0.2) is 3.92 Å². The third-order valence-electron chi connectivity index (χ3n) is 2.55. The lowest BCUT2D eigenvalue weighted by Crippen LogP contribution is -2.15. The van der Waals surface area contributed by atoms with E-state index in [1.54, 1.807) is 0 Å². The van der Waals surface area contributed by atoms with Crippen LogP contribution in [0, 0.1) is 5.92 Å². The third kappa shape index (κ3) is 2.92. The molecule has 0 aromatic carbocycles. The van der Waals surface area contributed by atoms with Crippen LogP contribution in [0.4, 0.5) is 0 Å². The molecule has 1 heterocycles. The highest BCUT2D eigenvalue weighted by molar-refractivity contribution is 9.11. The highest BCUT2D eigenvalue weighted by atomic mass is 79.9. The van der Waals surface area contributed by atoms with E-state index in [1.165, 1.54) is 43.4 Å². The summed E-state index contributed by atoms with van der Waals surface area (Å²) in [7, 11) is 0. The summed E-state index contributed by atoms with van der Waals surface area (Å²) in [4.78, 5) is 0. The SMILES string of the molecule is Brc1nnc(OCC2CCCCC2)s1. The molecule has 0 unspecified atom stereocenters. The van der Waals surface area contributed by atoms with Gasteiger partial charge in [-0.25, -0.2) is 0 Å². The van der Waals surface area contributed by atoms with Gasteiger partial charge in [0.25, 0.3) is 5.19 Å². The van der Waals surface area contributed by atoms with Crippen LogP contribution < -0.4 is 4.74 Å².